The summed E-state index contributed by atoms with van der Waals surface area (Å²) in [6.45, 7) is 2.09. The third kappa shape index (κ3) is 3.71. The lowest BCUT2D eigenvalue weighted by Crippen LogP contribution is -1.89. The molecule has 0 unspecified atom stereocenters. The zero-order chi connectivity index (χ0) is 15.9. The average Bonchev–Trinajstić information content (AvgIpc) is 2.51. The van der Waals surface area contributed by atoms with Crippen LogP contribution in [0.5, 0.6) is 0 Å². The number of benzene rings is 2. The molecule has 1 nitrogen and oxygen atoms in total. The molecular weight excluding hydrogens is 280 g/mol. The Bertz CT molecular complexity index is 776. The minimum Gasteiger partial charge on any atom is -0.206 e. The first-order valence-corrected chi connectivity index (χ1v) is 7.14. The predicted molar refractivity (Wildman–Crippen MR) is 82.9 cm³/mol. The molecule has 0 aliphatic heterocycles. The van der Waals surface area contributed by atoms with Crippen LogP contribution in [0.15, 0.2) is 36.4 Å². The van der Waals surface area contributed by atoms with Gasteiger partial charge < -0.3 is 0 Å². The van der Waals surface area contributed by atoms with Crippen molar-refractivity contribution in [3.63, 3.8) is 0 Å². The van der Waals surface area contributed by atoms with Crippen LogP contribution in [0.3, 0.4) is 0 Å². The van der Waals surface area contributed by atoms with Gasteiger partial charge in [-0.15, -0.1) is 0 Å². The Balaban J connectivity index is 2.28. The summed E-state index contributed by atoms with van der Waals surface area (Å²) in [6.07, 6.45) is 2.89. The zero-order valence-electron chi connectivity index (χ0n) is 12.3. The molecule has 0 N–H and O–H groups in total. The van der Waals surface area contributed by atoms with Crippen molar-refractivity contribution in [2.24, 2.45) is 0 Å². The lowest BCUT2D eigenvalue weighted by atomic mass is 10.0. The molecule has 0 atom stereocenters. The van der Waals surface area contributed by atoms with Crippen molar-refractivity contribution < 1.29 is 8.78 Å². The van der Waals surface area contributed by atoms with Gasteiger partial charge in [0.15, 0.2) is 0 Å². The third-order valence-corrected chi connectivity index (χ3v) is 3.26. The Kier molecular flexibility index (Phi) is 5.28. The SMILES string of the molecule is CCCCC#Cc1ccc(-c2ccc(C#N)c(F)c2)c(F)c1. The zero-order valence-corrected chi connectivity index (χ0v) is 12.3. The Hall–Kier alpha value is -2.65. The molecule has 0 fully saturated rings. The van der Waals surface area contributed by atoms with Gasteiger partial charge in [-0.25, -0.2) is 8.78 Å². The van der Waals surface area contributed by atoms with Crippen LogP contribution in [-0.4, -0.2) is 0 Å². The number of nitriles is 1. The maximum atomic E-state index is 14.2. The van der Waals surface area contributed by atoms with Crippen LogP contribution in [0.1, 0.15) is 37.3 Å². The molecule has 0 saturated heterocycles. The van der Waals surface area contributed by atoms with Crippen molar-refractivity contribution in [2.45, 2.75) is 26.2 Å². The van der Waals surface area contributed by atoms with Crippen molar-refractivity contribution in [1.29, 1.82) is 5.26 Å². The topological polar surface area (TPSA) is 23.8 Å². The van der Waals surface area contributed by atoms with Gasteiger partial charge in [0.1, 0.15) is 17.7 Å². The van der Waals surface area contributed by atoms with Gasteiger partial charge in [0.25, 0.3) is 0 Å². The number of hydrogen-bond donors (Lipinski definition) is 0. The van der Waals surface area contributed by atoms with E-state index in [9.17, 15) is 8.78 Å². The van der Waals surface area contributed by atoms with Crippen LogP contribution >= 0.6 is 0 Å². The Morgan fingerprint density at radius 1 is 1.05 bits per heavy atom. The highest BCUT2D eigenvalue weighted by atomic mass is 19.1. The monoisotopic (exact) mass is 295 g/mol. The second-order valence-corrected chi connectivity index (χ2v) is 4.91. The van der Waals surface area contributed by atoms with E-state index in [0.717, 1.165) is 19.3 Å². The fourth-order valence-electron chi connectivity index (χ4n) is 2.03. The van der Waals surface area contributed by atoms with Crippen molar-refractivity contribution >= 4 is 0 Å². The van der Waals surface area contributed by atoms with E-state index in [1.807, 2.05) is 0 Å². The molecule has 0 radical (unpaired) electrons. The maximum absolute atomic E-state index is 14.2. The fourth-order valence-corrected chi connectivity index (χ4v) is 2.03. The van der Waals surface area contributed by atoms with Crippen molar-refractivity contribution in [1.82, 2.24) is 0 Å². The Labute approximate surface area is 129 Å². The molecule has 110 valence electrons. The molecular formula is C19H15F2N. The van der Waals surface area contributed by atoms with Crippen LogP contribution in [0, 0.1) is 34.8 Å². The summed E-state index contributed by atoms with van der Waals surface area (Å²) < 4.78 is 27.8. The highest BCUT2D eigenvalue weighted by molar-refractivity contribution is 5.66. The standard InChI is InChI=1S/C19H15F2N/c1-2-3-4-5-6-14-7-10-17(19(21)11-14)15-8-9-16(13-22)18(20)12-15/h7-12H,2-4H2,1H3. The second kappa shape index (κ2) is 7.38. The summed E-state index contributed by atoms with van der Waals surface area (Å²) in [5.74, 6) is 4.82. The third-order valence-electron chi connectivity index (χ3n) is 3.26. The quantitative estimate of drug-likeness (QED) is 0.574. The van der Waals surface area contributed by atoms with Crippen LogP contribution < -0.4 is 0 Å². The first-order valence-electron chi connectivity index (χ1n) is 7.14. The van der Waals surface area contributed by atoms with Gasteiger partial charge in [-0.1, -0.05) is 37.3 Å². The fraction of sp³-hybridized carbons (Fsp3) is 0.211. The molecule has 2 aromatic rings. The van der Waals surface area contributed by atoms with E-state index in [0.29, 0.717) is 16.7 Å². The van der Waals surface area contributed by atoms with Gasteiger partial charge in [0, 0.05) is 17.5 Å². The number of hydrogen-bond acceptors (Lipinski definition) is 1. The number of halogens is 2. The summed E-state index contributed by atoms with van der Waals surface area (Å²) in [6, 6.07) is 10.4. The number of nitrogens with zero attached hydrogens (tertiary/aromatic N) is 1. The minimum absolute atomic E-state index is 0.0532. The second-order valence-electron chi connectivity index (χ2n) is 4.91. The van der Waals surface area contributed by atoms with E-state index < -0.39 is 11.6 Å². The molecule has 2 rings (SSSR count). The summed E-state index contributed by atoms with van der Waals surface area (Å²) in [4.78, 5) is 0. The van der Waals surface area contributed by atoms with Crippen molar-refractivity contribution in [3.8, 4) is 29.0 Å². The van der Waals surface area contributed by atoms with Gasteiger partial charge >= 0.3 is 0 Å². The molecule has 0 saturated carbocycles. The minimum atomic E-state index is -0.650. The molecule has 0 heterocycles. The lowest BCUT2D eigenvalue weighted by Gasteiger charge is -2.05. The van der Waals surface area contributed by atoms with E-state index >= 15 is 0 Å². The van der Waals surface area contributed by atoms with Crippen LogP contribution in [0.2, 0.25) is 0 Å². The van der Waals surface area contributed by atoms with E-state index in [4.69, 9.17) is 5.26 Å². The average molecular weight is 295 g/mol. The molecule has 0 aromatic heterocycles. The first-order chi connectivity index (χ1) is 10.7. The molecule has 0 spiro atoms. The summed E-state index contributed by atoms with van der Waals surface area (Å²) in [7, 11) is 0. The molecule has 0 aliphatic carbocycles. The van der Waals surface area contributed by atoms with Gasteiger partial charge in [0.05, 0.1) is 5.56 Å². The maximum Gasteiger partial charge on any atom is 0.141 e. The number of unbranched alkanes of at least 4 members (excludes halogenated alkanes) is 2. The Morgan fingerprint density at radius 3 is 2.50 bits per heavy atom. The Morgan fingerprint density at radius 2 is 1.86 bits per heavy atom. The molecule has 0 amide bonds. The largest absolute Gasteiger partial charge is 0.206 e. The number of rotatable bonds is 3. The molecule has 22 heavy (non-hydrogen) atoms. The van der Waals surface area contributed by atoms with Crippen LogP contribution in [0.25, 0.3) is 11.1 Å². The van der Waals surface area contributed by atoms with E-state index in [1.54, 1.807) is 18.2 Å². The molecule has 2 aromatic carbocycles. The van der Waals surface area contributed by atoms with Crippen LogP contribution in [0.4, 0.5) is 8.78 Å². The van der Waals surface area contributed by atoms with E-state index in [2.05, 4.69) is 18.8 Å². The van der Waals surface area contributed by atoms with E-state index in [1.165, 1.54) is 24.3 Å². The van der Waals surface area contributed by atoms with Gasteiger partial charge in [-0.3, -0.25) is 0 Å². The van der Waals surface area contributed by atoms with Crippen molar-refractivity contribution in [3.05, 3.63) is 59.2 Å². The first kappa shape index (κ1) is 15.7. The smallest absolute Gasteiger partial charge is 0.141 e. The lowest BCUT2D eigenvalue weighted by molar-refractivity contribution is 0.622. The van der Waals surface area contributed by atoms with Crippen LogP contribution in [-0.2, 0) is 0 Å². The molecule has 3 heteroatoms. The van der Waals surface area contributed by atoms with Gasteiger partial charge in [0.2, 0.25) is 0 Å². The van der Waals surface area contributed by atoms with E-state index in [-0.39, 0.29) is 5.56 Å². The highest BCUT2D eigenvalue weighted by Crippen LogP contribution is 2.25. The predicted octanol–water partition coefficient (Wildman–Crippen LogP) is 5.05. The molecule has 0 bridgehead atoms. The highest BCUT2D eigenvalue weighted by Gasteiger charge is 2.09. The summed E-state index contributed by atoms with van der Waals surface area (Å²) in [5, 5.41) is 8.71. The van der Waals surface area contributed by atoms with Gasteiger partial charge in [-0.05, 0) is 36.2 Å². The summed E-state index contributed by atoms with van der Waals surface area (Å²) >= 11 is 0. The summed E-state index contributed by atoms with van der Waals surface area (Å²) in [5.41, 5.74) is 1.25. The van der Waals surface area contributed by atoms with Gasteiger partial charge in [-0.2, -0.15) is 5.26 Å². The molecule has 0 aliphatic rings. The normalized spacial score (nSPS) is 9.73. The van der Waals surface area contributed by atoms with Crippen molar-refractivity contribution in [2.75, 3.05) is 0 Å².